The van der Waals surface area contributed by atoms with Crippen LogP contribution in [0.2, 0.25) is 0 Å². The molecule has 3 rings (SSSR count). The van der Waals surface area contributed by atoms with Crippen molar-refractivity contribution in [3.8, 4) is 11.5 Å². The number of carboxylic acids is 1. The maximum absolute atomic E-state index is 12.8. The number of amides is 1. The SMILES string of the molecule is CCOc1cccc(/C=C2\SC(=Nc3cccc(C(=O)O)c3)N(CC)C2=O)c1O. The number of amidine groups is 1. The molecule has 1 heterocycles. The van der Waals surface area contributed by atoms with Crippen molar-refractivity contribution in [2.45, 2.75) is 13.8 Å². The molecular formula is C21H20N2O5S. The minimum Gasteiger partial charge on any atom is -0.504 e. The van der Waals surface area contributed by atoms with Crippen molar-refractivity contribution in [3.63, 3.8) is 0 Å². The van der Waals surface area contributed by atoms with Gasteiger partial charge in [0.2, 0.25) is 0 Å². The Morgan fingerprint density at radius 3 is 2.69 bits per heavy atom. The van der Waals surface area contributed by atoms with Crippen LogP contribution in [0.4, 0.5) is 5.69 Å². The third-order valence-electron chi connectivity index (χ3n) is 4.14. The van der Waals surface area contributed by atoms with E-state index in [-0.39, 0.29) is 17.2 Å². The van der Waals surface area contributed by atoms with Crippen LogP contribution in [0.5, 0.6) is 11.5 Å². The number of hydrogen-bond acceptors (Lipinski definition) is 6. The molecule has 0 aromatic heterocycles. The number of para-hydroxylation sites is 1. The summed E-state index contributed by atoms with van der Waals surface area (Å²) in [5.74, 6) is -0.950. The van der Waals surface area contributed by atoms with Gasteiger partial charge in [0, 0.05) is 12.1 Å². The van der Waals surface area contributed by atoms with Gasteiger partial charge in [-0.15, -0.1) is 0 Å². The number of aliphatic imine (C=N–C) groups is 1. The van der Waals surface area contributed by atoms with E-state index in [1.165, 1.54) is 28.8 Å². The van der Waals surface area contributed by atoms with Gasteiger partial charge in [-0.1, -0.05) is 18.2 Å². The molecular weight excluding hydrogens is 392 g/mol. The number of phenols is 1. The van der Waals surface area contributed by atoms with E-state index < -0.39 is 5.97 Å². The lowest BCUT2D eigenvalue weighted by Gasteiger charge is -2.12. The average Bonchev–Trinajstić information content (AvgIpc) is 2.99. The van der Waals surface area contributed by atoms with Gasteiger partial charge in [0.25, 0.3) is 5.91 Å². The zero-order chi connectivity index (χ0) is 21.0. The summed E-state index contributed by atoms with van der Waals surface area (Å²) in [7, 11) is 0. The molecule has 1 saturated heterocycles. The predicted molar refractivity (Wildman–Crippen MR) is 113 cm³/mol. The van der Waals surface area contributed by atoms with E-state index in [1.807, 2.05) is 13.8 Å². The summed E-state index contributed by atoms with van der Waals surface area (Å²) in [5, 5.41) is 20.0. The number of carbonyl (C=O) groups excluding carboxylic acids is 1. The zero-order valence-corrected chi connectivity index (χ0v) is 16.8. The van der Waals surface area contributed by atoms with E-state index in [2.05, 4.69) is 4.99 Å². The maximum Gasteiger partial charge on any atom is 0.335 e. The number of phenolic OH excluding ortho intramolecular Hbond substituents is 1. The van der Waals surface area contributed by atoms with Crippen molar-refractivity contribution >= 4 is 40.6 Å². The number of likely N-dealkylation sites (N-methyl/N-ethyl adjacent to an activating group) is 1. The van der Waals surface area contributed by atoms with Crippen LogP contribution in [-0.2, 0) is 4.79 Å². The Morgan fingerprint density at radius 1 is 1.24 bits per heavy atom. The van der Waals surface area contributed by atoms with Crippen molar-refractivity contribution < 1.29 is 24.5 Å². The molecule has 7 nitrogen and oxygen atoms in total. The molecule has 0 unspecified atom stereocenters. The number of carboxylic acid groups (broad SMARTS) is 1. The smallest absolute Gasteiger partial charge is 0.335 e. The Hall–Kier alpha value is -3.26. The van der Waals surface area contributed by atoms with E-state index in [9.17, 15) is 14.7 Å². The Bertz CT molecular complexity index is 1020. The normalized spacial score (nSPS) is 16.6. The quantitative estimate of drug-likeness (QED) is 0.693. The van der Waals surface area contributed by atoms with Crippen LogP contribution >= 0.6 is 11.8 Å². The molecule has 0 radical (unpaired) electrons. The molecule has 0 saturated carbocycles. The monoisotopic (exact) mass is 412 g/mol. The highest BCUT2D eigenvalue weighted by molar-refractivity contribution is 8.18. The average molecular weight is 412 g/mol. The minimum absolute atomic E-state index is 0.0298. The number of carbonyl (C=O) groups is 2. The molecule has 29 heavy (non-hydrogen) atoms. The van der Waals surface area contributed by atoms with Crippen molar-refractivity contribution in [3.05, 3.63) is 58.5 Å². The second kappa shape index (κ2) is 8.83. The van der Waals surface area contributed by atoms with Crippen molar-refractivity contribution in [2.24, 2.45) is 4.99 Å². The highest BCUT2D eigenvalue weighted by Crippen LogP contribution is 2.37. The standard InChI is InChI=1S/C21H20N2O5S/c1-3-23-19(25)17(12-13-7-6-10-16(18(13)24)28-4-2)29-21(23)22-15-9-5-8-14(11-15)20(26)27/h5-12,24H,3-4H2,1-2H3,(H,26,27)/b17-12-,22-21?. The molecule has 1 aliphatic heterocycles. The minimum atomic E-state index is -1.04. The van der Waals surface area contributed by atoms with E-state index in [0.29, 0.717) is 40.2 Å². The molecule has 8 heteroatoms. The van der Waals surface area contributed by atoms with E-state index in [0.717, 1.165) is 0 Å². The maximum atomic E-state index is 12.8. The van der Waals surface area contributed by atoms with Gasteiger partial charge >= 0.3 is 5.97 Å². The number of thioether (sulfide) groups is 1. The number of aromatic hydroxyl groups is 1. The van der Waals surface area contributed by atoms with Crippen molar-refractivity contribution in [2.75, 3.05) is 13.2 Å². The number of hydrogen-bond donors (Lipinski definition) is 2. The molecule has 2 N–H and O–H groups in total. The second-order valence-corrected chi connectivity index (χ2v) is 7.05. The summed E-state index contributed by atoms with van der Waals surface area (Å²) < 4.78 is 5.39. The van der Waals surface area contributed by atoms with E-state index >= 15 is 0 Å². The third kappa shape index (κ3) is 4.43. The lowest BCUT2D eigenvalue weighted by Crippen LogP contribution is -2.28. The topological polar surface area (TPSA) is 99.4 Å². The van der Waals surface area contributed by atoms with Gasteiger partial charge in [-0.05, 0) is 56.0 Å². The molecule has 1 fully saturated rings. The van der Waals surface area contributed by atoms with Gasteiger partial charge in [-0.25, -0.2) is 9.79 Å². The van der Waals surface area contributed by atoms with Gasteiger partial charge in [-0.3, -0.25) is 9.69 Å². The molecule has 2 aromatic carbocycles. The molecule has 150 valence electrons. The van der Waals surface area contributed by atoms with Crippen LogP contribution in [0.25, 0.3) is 6.08 Å². The van der Waals surface area contributed by atoms with Crippen LogP contribution in [0.15, 0.2) is 52.4 Å². The summed E-state index contributed by atoms with van der Waals surface area (Å²) in [6, 6.07) is 11.3. The number of rotatable bonds is 6. The van der Waals surface area contributed by atoms with Gasteiger partial charge in [-0.2, -0.15) is 0 Å². The Kier molecular flexibility index (Phi) is 6.23. The fraction of sp³-hybridized carbons (Fsp3) is 0.190. The Morgan fingerprint density at radius 2 is 2.00 bits per heavy atom. The van der Waals surface area contributed by atoms with Crippen LogP contribution in [0.1, 0.15) is 29.8 Å². The van der Waals surface area contributed by atoms with E-state index in [1.54, 1.807) is 36.4 Å². The molecule has 2 aromatic rings. The number of nitrogens with zero attached hydrogens (tertiary/aromatic N) is 2. The van der Waals surface area contributed by atoms with Crippen LogP contribution < -0.4 is 4.74 Å². The molecule has 1 amide bonds. The Labute approximate surface area is 172 Å². The van der Waals surface area contributed by atoms with Crippen LogP contribution in [-0.4, -0.2) is 45.3 Å². The predicted octanol–water partition coefficient (Wildman–Crippen LogP) is 4.11. The highest BCUT2D eigenvalue weighted by atomic mass is 32.2. The van der Waals surface area contributed by atoms with Gasteiger partial charge < -0.3 is 14.9 Å². The summed E-state index contributed by atoms with van der Waals surface area (Å²) in [6.07, 6.45) is 1.60. The number of ether oxygens (including phenoxy) is 1. The molecule has 0 spiro atoms. The lowest BCUT2D eigenvalue weighted by atomic mass is 10.1. The molecule has 0 bridgehead atoms. The van der Waals surface area contributed by atoms with Crippen LogP contribution in [0, 0.1) is 0 Å². The zero-order valence-electron chi connectivity index (χ0n) is 16.0. The van der Waals surface area contributed by atoms with Crippen molar-refractivity contribution in [1.29, 1.82) is 0 Å². The molecule has 0 atom stereocenters. The van der Waals surface area contributed by atoms with Crippen LogP contribution in [0.3, 0.4) is 0 Å². The first-order chi connectivity index (χ1) is 13.9. The summed E-state index contributed by atoms with van der Waals surface area (Å²) in [4.78, 5) is 30.3. The third-order valence-corrected chi connectivity index (χ3v) is 5.15. The highest BCUT2D eigenvalue weighted by Gasteiger charge is 2.32. The number of benzene rings is 2. The second-order valence-electron chi connectivity index (χ2n) is 6.04. The number of aromatic carboxylic acids is 1. The summed E-state index contributed by atoms with van der Waals surface area (Å²) in [5.41, 5.74) is 1.04. The fourth-order valence-corrected chi connectivity index (χ4v) is 3.81. The largest absolute Gasteiger partial charge is 0.504 e. The fourth-order valence-electron chi connectivity index (χ4n) is 2.76. The van der Waals surface area contributed by atoms with Gasteiger partial charge in [0.15, 0.2) is 16.7 Å². The first-order valence-corrected chi connectivity index (χ1v) is 9.84. The molecule has 1 aliphatic rings. The van der Waals surface area contributed by atoms with Gasteiger partial charge in [0.05, 0.1) is 22.8 Å². The van der Waals surface area contributed by atoms with Gasteiger partial charge in [0.1, 0.15) is 0 Å². The summed E-state index contributed by atoms with van der Waals surface area (Å²) in [6.45, 7) is 4.47. The van der Waals surface area contributed by atoms with Crippen molar-refractivity contribution in [1.82, 2.24) is 4.90 Å². The Balaban J connectivity index is 1.95. The first-order valence-electron chi connectivity index (χ1n) is 9.02. The molecule has 0 aliphatic carbocycles. The lowest BCUT2D eigenvalue weighted by molar-refractivity contribution is -0.122. The first kappa shape index (κ1) is 20.5. The summed E-state index contributed by atoms with van der Waals surface area (Å²) >= 11 is 1.17. The van der Waals surface area contributed by atoms with E-state index in [4.69, 9.17) is 9.84 Å².